The molecule has 2 atom stereocenters. The van der Waals surface area contributed by atoms with Crippen molar-refractivity contribution in [2.45, 2.75) is 25.6 Å². The molecular weight excluding hydrogens is 178 g/mol. The Morgan fingerprint density at radius 3 is 2.43 bits per heavy atom. The lowest BCUT2D eigenvalue weighted by atomic mass is 10.1. The number of hydrogen-bond acceptors (Lipinski definition) is 3. The lowest BCUT2D eigenvalue weighted by molar-refractivity contribution is 0.103. The van der Waals surface area contributed by atoms with Gasteiger partial charge in [-0.1, -0.05) is 30.3 Å². The van der Waals surface area contributed by atoms with Gasteiger partial charge in [0.25, 0.3) is 0 Å². The van der Waals surface area contributed by atoms with Crippen molar-refractivity contribution in [3.8, 4) is 0 Å². The quantitative estimate of drug-likeness (QED) is 0.642. The van der Waals surface area contributed by atoms with Gasteiger partial charge in [-0.2, -0.15) is 0 Å². The molecule has 0 radical (unpaired) electrons. The maximum Gasteiger partial charge on any atom is 0.0687 e. The molecule has 1 rings (SSSR count). The van der Waals surface area contributed by atoms with Gasteiger partial charge in [-0.05, 0) is 12.5 Å². The van der Waals surface area contributed by atoms with Crippen molar-refractivity contribution < 1.29 is 10.2 Å². The third-order valence-corrected chi connectivity index (χ3v) is 2.19. The van der Waals surface area contributed by atoms with E-state index in [0.29, 0.717) is 6.54 Å². The summed E-state index contributed by atoms with van der Waals surface area (Å²) in [5.74, 6) is 0. The van der Waals surface area contributed by atoms with E-state index in [-0.39, 0.29) is 12.6 Å². The first-order chi connectivity index (χ1) is 6.74. The van der Waals surface area contributed by atoms with E-state index in [1.807, 2.05) is 30.3 Å². The van der Waals surface area contributed by atoms with Gasteiger partial charge in [-0.3, -0.25) is 0 Å². The summed E-state index contributed by atoms with van der Waals surface area (Å²) in [4.78, 5) is 0. The van der Waals surface area contributed by atoms with Crippen molar-refractivity contribution in [2.75, 3.05) is 6.61 Å². The molecule has 0 aliphatic carbocycles. The van der Waals surface area contributed by atoms with E-state index in [1.165, 1.54) is 0 Å². The van der Waals surface area contributed by atoms with Gasteiger partial charge >= 0.3 is 0 Å². The average Bonchev–Trinajstić information content (AvgIpc) is 2.20. The first kappa shape index (κ1) is 11.2. The maximum atomic E-state index is 9.27. The molecule has 3 heteroatoms. The van der Waals surface area contributed by atoms with E-state index in [4.69, 9.17) is 5.11 Å². The number of benzene rings is 1. The van der Waals surface area contributed by atoms with Crippen LogP contribution in [0.4, 0.5) is 0 Å². The summed E-state index contributed by atoms with van der Waals surface area (Å²) < 4.78 is 0. The molecule has 0 heterocycles. The van der Waals surface area contributed by atoms with Crippen LogP contribution in [0.1, 0.15) is 12.5 Å². The summed E-state index contributed by atoms with van der Waals surface area (Å²) in [6.45, 7) is 2.28. The SMILES string of the molecule is C[C@@H](O)[C@H](CO)NCc1ccccc1. The van der Waals surface area contributed by atoms with E-state index in [0.717, 1.165) is 5.56 Å². The molecule has 78 valence electrons. The van der Waals surface area contributed by atoms with Crippen LogP contribution in [0.3, 0.4) is 0 Å². The highest BCUT2D eigenvalue weighted by Crippen LogP contribution is 1.99. The fraction of sp³-hybridized carbons (Fsp3) is 0.455. The number of aliphatic hydroxyl groups excluding tert-OH is 2. The molecule has 0 saturated heterocycles. The molecule has 1 aromatic carbocycles. The molecular formula is C11H17NO2. The van der Waals surface area contributed by atoms with Crippen LogP contribution in [0.2, 0.25) is 0 Å². The third-order valence-electron chi connectivity index (χ3n) is 2.19. The molecule has 0 unspecified atom stereocenters. The Balaban J connectivity index is 2.40. The first-order valence-electron chi connectivity index (χ1n) is 4.80. The molecule has 0 aliphatic rings. The summed E-state index contributed by atoms with van der Waals surface area (Å²) in [5.41, 5.74) is 1.15. The second-order valence-corrected chi connectivity index (χ2v) is 3.40. The Labute approximate surface area is 84.4 Å². The number of rotatable bonds is 5. The highest BCUT2D eigenvalue weighted by Gasteiger charge is 2.12. The summed E-state index contributed by atoms with van der Waals surface area (Å²) in [5, 5.41) is 21.3. The van der Waals surface area contributed by atoms with Crippen molar-refractivity contribution in [1.82, 2.24) is 5.32 Å². The minimum atomic E-state index is -0.538. The monoisotopic (exact) mass is 195 g/mol. The smallest absolute Gasteiger partial charge is 0.0687 e. The molecule has 0 bridgehead atoms. The van der Waals surface area contributed by atoms with Crippen molar-refractivity contribution in [3.05, 3.63) is 35.9 Å². The Morgan fingerprint density at radius 2 is 1.93 bits per heavy atom. The van der Waals surface area contributed by atoms with Crippen LogP contribution in [0, 0.1) is 0 Å². The third kappa shape index (κ3) is 3.46. The molecule has 0 aliphatic heterocycles. The highest BCUT2D eigenvalue weighted by atomic mass is 16.3. The lowest BCUT2D eigenvalue weighted by Gasteiger charge is -2.18. The van der Waals surface area contributed by atoms with Gasteiger partial charge in [0.2, 0.25) is 0 Å². The van der Waals surface area contributed by atoms with Gasteiger partial charge in [0.1, 0.15) is 0 Å². The number of hydrogen-bond donors (Lipinski definition) is 3. The van der Waals surface area contributed by atoms with Crippen LogP contribution in [-0.2, 0) is 6.54 Å². The second kappa shape index (κ2) is 5.75. The van der Waals surface area contributed by atoms with Crippen LogP contribution in [-0.4, -0.2) is 29.0 Å². The van der Waals surface area contributed by atoms with E-state index in [2.05, 4.69) is 5.32 Å². The summed E-state index contributed by atoms with van der Waals surface area (Å²) in [7, 11) is 0. The molecule has 0 spiro atoms. The highest BCUT2D eigenvalue weighted by molar-refractivity contribution is 5.14. The number of aliphatic hydroxyl groups is 2. The van der Waals surface area contributed by atoms with Gasteiger partial charge in [-0.15, -0.1) is 0 Å². The van der Waals surface area contributed by atoms with Gasteiger partial charge in [-0.25, -0.2) is 0 Å². The van der Waals surface area contributed by atoms with Crippen molar-refractivity contribution in [1.29, 1.82) is 0 Å². The minimum Gasteiger partial charge on any atom is -0.395 e. The van der Waals surface area contributed by atoms with Crippen molar-refractivity contribution in [2.24, 2.45) is 0 Å². The standard InChI is InChI=1S/C11H17NO2/c1-9(14)11(8-13)12-7-10-5-3-2-4-6-10/h2-6,9,11-14H,7-8H2,1H3/t9-,11+/m1/s1. The molecule has 1 aromatic rings. The Kier molecular flexibility index (Phi) is 4.59. The predicted molar refractivity (Wildman–Crippen MR) is 55.8 cm³/mol. The van der Waals surface area contributed by atoms with Crippen molar-refractivity contribution in [3.63, 3.8) is 0 Å². The Hall–Kier alpha value is -0.900. The van der Waals surface area contributed by atoms with Gasteiger partial charge in [0.05, 0.1) is 18.8 Å². The zero-order valence-corrected chi connectivity index (χ0v) is 8.35. The average molecular weight is 195 g/mol. The molecule has 0 fully saturated rings. The lowest BCUT2D eigenvalue weighted by Crippen LogP contribution is -2.40. The summed E-state index contributed by atoms with van der Waals surface area (Å²) in [6.07, 6.45) is -0.538. The fourth-order valence-corrected chi connectivity index (χ4v) is 1.23. The molecule has 0 aromatic heterocycles. The summed E-state index contributed by atoms with van der Waals surface area (Å²) in [6, 6.07) is 9.64. The molecule has 3 N–H and O–H groups in total. The zero-order valence-electron chi connectivity index (χ0n) is 8.35. The number of nitrogens with one attached hydrogen (secondary N) is 1. The second-order valence-electron chi connectivity index (χ2n) is 3.40. The van der Waals surface area contributed by atoms with Crippen molar-refractivity contribution >= 4 is 0 Å². The van der Waals surface area contributed by atoms with Gasteiger partial charge in [0, 0.05) is 6.54 Å². The minimum absolute atomic E-state index is 0.0511. The largest absolute Gasteiger partial charge is 0.395 e. The van der Waals surface area contributed by atoms with Gasteiger partial charge < -0.3 is 15.5 Å². The predicted octanol–water partition coefficient (Wildman–Crippen LogP) is 0.518. The zero-order chi connectivity index (χ0) is 10.4. The topological polar surface area (TPSA) is 52.5 Å². The van der Waals surface area contributed by atoms with Crippen LogP contribution < -0.4 is 5.32 Å². The van der Waals surface area contributed by atoms with E-state index in [9.17, 15) is 5.11 Å². The van der Waals surface area contributed by atoms with E-state index in [1.54, 1.807) is 6.92 Å². The van der Waals surface area contributed by atoms with Crippen LogP contribution in [0.15, 0.2) is 30.3 Å². The van der Waals surface area contributed by atoms with Crippen LogP contribution in [0.25, 0.3) is 0 Å². The fourth-order valence-electron chi connectivity index (χ4n) is 1.23. The van der Waals surface area contributed by atoms with E-state index < -0.39 is 6.10 Å². The van der Waals surface area contributed by atoms with E-state index >= 15 is 0 Å². The maximum absolute atomic E-state index is 9.27. The molecule has 0 saturated carbocycles. The molecule has 3 nitrogen and oxygen atoms in total. The molecule has 14 heavy (non-hydrogen) atoms. The van der Waals surface area contributed by atoms with Crippen LogP contribution in [0.5, 0.6) is 0 Å². The summed E-state index contributed by atoms with van der Waals surface area (Å²) >= 11 is 0. The Bertz CT molecular complexity index is 249. The van der Waals surface area contributed by atoms with Gasteiger partial charge in [0.15, 0.2) is 0 Å². The van der Waals surface area contributed by atoms with Crippen LogP contribution >= 0.6 is 0 Å². The molecule has 0 amide bonds. The normalized spacial score (nSPS) is 15.1. The first-order valence-corrected chi connectivity index (χ1v) is 4.80. The Morgan fingerprint density at radius 1 is 1.29 bits per heavy atom.